The fraction of sp³-hybridized carbons (Fsp3) is 0.533. The van der Waals surface area contributed by atoms with Gasteiger partial charge in [-0.05, 0) is 31.0 Å². The number of halogens is 2. The Morgan fingerprint density at radius 2 is 2.05 bits per heavy atom. The van der Waals surface area contributed by atoms with E-state index in [4.69, 9.17) is 10.00 Å². The number of alkyl halides is 2. The van der Waals surface area contributed by atoms with Gasteiger partial charge in [-0.3, -0.25) is 0 Å². The monoisotopic (exact) mass is 298 g/mol. The second kappa shape index (κ2) is 9.14. The standard InChI is InChI=1S/C15H20F2N2O2/c1-3-12(7-8-18)19-10-11-5-6-13(21-15(16)17)14(9-11)20-4-2/h5-6,9,12,15,19H,3-4,7,10H2,1-2H3. The number of ether oxygens (including phenoxy) is 2. The third kappa shape index (κ3) is 5.96. The summed E-state index contributed by atoms with van der Waals surface area (Å²) in [7, 11) is 0. The highest BCUT2D eigenvalue weighted by molar-refractivity contribution is 5.43. The van der Waals surface area contributed by atoms with Crippen molar-refractivity contribution in [3.63, 3.8) is 0 Å². The predicted molar refractivity (Wildman–Crippen MR) is 75.4 cm³/mol. The van der Waals surface area contributed by atoms with Gasteiger partial charge < -0.3 is 14.8 Å². The van der Waals surface area contributed by atoms with Crippen molar-refractivity contribution in [2.24, 2.45) is 0 Å². The van der Waals surface area contributed by atoms with Crippen LogP contribution in [0.15, 0.2) is 18.2 Å². The zero-order chi connectivity index (χ0) is 15.7. The highest BCUT2D eigenvalue weighted by Gasteiger charge is 2.12. The van der Waals surface area contributed by atoms with Gasteiger partial charge >= 0.3 is 6.61 Å². The molecule has 1 N–H and O–H groups in total. The van der Waals surface area contributed by atoms with Crippen molar-refractivity contribution in [1.29, 1.82) is 5.26 Å². The molecule has 0 bridgehead atoms. The van der Waals surface area contributed by atoms with E-state index in [-0.39, 0.29) is 11.8 Å². The smallest absolute Gasteiger partial charge is 0.387 e. The number of nitrogens with one attached hydrogen (secondary N) is 1. The molecule has 0 radical (unpaired) electrons. The number of hydrogen-bond donors (Lipinski definition) is 1. The number of nitriles is 1. The molecule has 21 heavy (non-hydrogen) atoms. The molecule has 1 unspecified atom stereocenters. The zero-order valence-electron chi connectivity index (χ0n) is 12.2. The number of hydrogen-bond acceptors (Lipinski definition) is 4. The molecule has 0 saturated carbocycles. The van der Waals surface area contributed by atoms with Gasteiger partial charge in [0.15, 0.2) is 11.5 Å². The SMILES string of the molecule is CCOc1cc(CNC(CC)CC#N)ccc1OC(F)F. The van der Waals surface area contributed by atoms with Crippen LogP contribution in [0.3, 0.4) is 0 Å². The molecular weight excluding hydrogens is 278 g/mol. The first-order valence-corrected chi connectivity index (χ1v) is 6.91. The van der Waals surface area contributed by atoms with E-state index in [1.54, 1.807) is 19.1 Å². The van der Waals surface area contributed by atoms with Gasteiger partial charge in [0.05, 0.1) is 19.1 Å². The molecule has 116 valence electrons. The second-order valence-corrected chi connectivity index (χ2v) is 4.44. The van der Waals surface area contributed by atoms with Crippen LogP contribution in [0.4, 0.5) is 8.78 Å². The van der Waals surface area contributed by atoms with Crippen molar-refractivity contribution in [2.75, 3.05) is 6.61 Å². The molecule has 0 aromatic heterocycles. The lowest BCUT2D eigenvalue weighted by molar-refractivity contribution is -0.0514. The summed E-state index contributed by atoms with van der Waals surface area (Å²) in [5, 5.41) is 12.0. The quantitative estimate of drug-likeness (QED) is 0.758. The summed E-state index contributed by atoms with van der Waals surface area (Å²) >= 11 is 0. The van der Waals surface area contributed by atoms with Gasteiger partial charge in [-0.1, -0.05) is 13.0 Å². The Labute approximate surface area is 123 Å². The molecule has 0 fully saturated rings. The topological polar surface area (TPSA) is 54.3 Å². The van der Waals surface area contributed by atoms with Crippen molar-refractivity contribution in [1.82, 2.24) is 5.32 Å². The molecule has 1 rings (SSSR count). The van der Waals surface area contributed by atoms with E-state index in [1.165, 1.54) is 6.07 Å². The lowest BCUT2D eigenvalue weighted by Crippen LogP contribution is -2.27. The Balaban J connectivity index is 2.75. The van der Waals surface area contributed by atoms with Crippen LogP contribution < -0.4 is 14.8 Å². The molecule has 0 spiro atoms. The minimum Gasteiger partial charge on any atom is -0.490 e. The highest BCUT2D eigenvalue weighted by Crippen LogP contribution is 2.29. The maximum Gasteiger partial charge on any atom is 0.387 e. The van der Waals surface area contributed by atoms with Gasteiger partial charge in [0.2, 0.25) is 0 Å². The van der Waals surface area contributed by atoms with Crippen molar-refractivity contribution in [3.8, 4) is 17.6 Å². The fourth-order valence-corrected chi connectivity index (χ4v) is 1.86. The Morgan fingerprint density at radius 1 is 1.29 bits per heavy atom. The van der Waals surface area contributed by atoms with Crippen LogP contribution in [0.2, 0.25) is 0 Å². The highest BCUT2D eigenvalue weighted by atomic mass is 19.3. The van der Waals surface area contributed by atoms with Crippen LogP contribution >= 0.6 is 0 Å². The van der Waals surface area contributed by atoms with E-state index in [0.29, 0.717) is 25.3 Å². The van der Waals surface area contributed by atoms with Crippen LogP contribution in [0, 0.1) is 11.3 Å². The molecule has 4 nitrogen and oxygen atoms in total. The van der Waals surface area contributed by atoms with Crippen molar-refractivity contribution in [3.05, 3.63) is 23.8 Å². The first kappa shape index (κ1) is 17.2. The normalized spacial score (nSPS) is 12.0. The van der Waals surface area contributed by atoms with Crippen LogP contribution in [-0.4, -0.2) is 19.3 Å². The molecular formula is C15H20F2N2O2. The number of rotatable bonds is 9. The van der Waals surface area contributed by atoms with Crippen molar-refractivity contribution < 1.29 is 18.3 Å². The summed E-state index contributed by atoms with van der Waals surface area (Å²) < 4.78 is 34.3. The van der Waals surface area contributed by atoms with Crippen LogP contribution in [0.5, 0.6) is 11.5 Å². The van der Waals surface area contributed by atoms with Crippen molar-refractivity contribution >= 4 is 0 Å². The van der Waals surface area contributed by atoms with E-state index >= 15 is 0 Å². The third-order valence-electron chi connectivity index (χ3n) is 2.95. The van der Waals surface area contributed by atoms with E-state index in [9.17, 15) is 8.78 Å². The van der Waals surface area contributed by atoms with E-state index < -0.39 is 6.61 Å². The third-order valence-corrected chi connectivity index (χ3v) is 2.95. The van der Waals surface area contributed by atoms with E-state index in [0.717, 1.165) is 12.0 Å². The van der Waals surface area contributed by atoms with Crippen molar-refractivity contribution in [2.45, 2.75) is 45.9 Å². The molecule has 0 saturated heterocycles. The first-order chi connectivity index (χ1) is 10.1. The molecule has 6 heteroatoms. The fourth-order valence-electron chi connectivity index (χ4n) is 1.86. The maximum absolute atomic E-state index is 12.3. The Morgan fingerprint density at radius 3 is 2.62 bits per heavy atom. The van der Waals surface area contributed by atoms with Gasteiger partial charge in [0.25, 0.3) is 0 Å². The number of nitrogens with zero attached hydrogens (tertiary/aromatic N) is 1. The summed E-state index contributed by atoms with van der Waals surface area (Å²) in [5.74, 6) is 0.324. The first-order valence-electron chi connectivity index (χ1n) is 6.91. The molecule has 1 aromatic carbocycles. The summed E-state index contributed by atoms with van der Waals surface area (Å²) in [6.07, 6.45) is 1.28. The molecule has 0 amide bonds. The summed E-state index contributed by atoms with van der Waals surface area (Å²) in [6, 6.07) is 7.09. The van der Waals surface area contributed by atoms with Gasteiger partial charge in [-0.25, -0.2) is 0 Å². The maximum atomic E-state index is 12.3. The summed E-state index contributed by atoms with van der Waals surface area (Å²) in [6.45, 7) is 1.79. The van der Waals surface area contributed by atoms with E-state index in [1.807, 2.05) is 6.92 Å². The Kier molecular flexibility index (Phi) is 7.48. The summed E-state index contributed by atoms with van der Waals surface area (Å²) in [5.41, 5.74) is 0.886. The molecule has 1 atom stereocenters. The molecule has 0 aliphatic heterocycles. The second-order valence-electron chi connectivity index (χ2n) is 4.44. The average Bonchev–Trinajstić information content (AvgIpc) is 2.45. The minimum absolute atomic E-state index is 0.0275. The number of benzene rings is 1. The van der Waals surface area contributed by atoms with Gasteiger partial charge in [-0.2, -0.15) is 14.0 Å². The summed E-state index contributed by atoms with van der Waals surface area (Å²) in [4.78, 5) is 0. The van der Waals surface area contributed by atoms with Gasteiger partial charge in [-0.15, -0.1) is 0 Å². The van der Waals surface area contributed by atoms with E-state index in [2.05, 4.69) is 16.1 Å². The Hall–Kier alpha value is -1.87. The van der Waals surface area contributed by atoms with Crippen LogP contribution in [-0.2, 0) is 6.54 Å². The molecule has 0 aliphatic carbocycles. The molecule has 0 heterocycles. The lowest BCUT2D eigenvalue weighted by Gasteiger charge is -2.16. The van der Waals surface area contributed by atoms with Crippen LogP contribution in [0.25, 0.3) is 0 Å². The van der Waals surface area contributed by atoms with Gasteiger partial charge in [0, 0.05) is 12.6 Å². The van der Waals surface area contributed by atoms with Crippen LogP contribution in [0.1, 0.15) is 32.3 Å². The Bertz CT molecular complexity index is 475. The largest absolute Gasteiger partial charge is 0.490 e. The van der Waals surface area contributed by atoms with Gasteiger partial charge in [0.1, 0.15) is 0 Å². The zero-order valence-corrected chi connectivity index (χ0v) is 12.2. The molecule has 0 aliphatic rings. The predicted octanol–water partition coefficient (Wildman–Crippen LogP) is 3.47. The lowest BCUT2D eigenvalue weighted by atomic mass is 10.1. The average molecular weight is 298 g/mol. The molecule has 1 aromatic rings. The minimum atomic E-state index is -2.88.